The van der Waals surface area contributed by atoms with Gasteiger partial charge in [0.05, 0.1) is 6.61 Å². The van der Waals surface area contributed by atoms with Crippen LogP contribution in [0.25, 0.3) is 0 Å². The zero-order valence-corrected chi connectivity index (χ0v) is 21.8. The van der Waals surface area contributed by atoms with Gasteiger partial charge in [-0.25, -0.2) is 4.39 Å². The van der Waals surface area contributed by atoms with Crippen LogP contribution in [0.15, 0.2) is 12.1 Å². The number of ether oxygens (including phenoxy) is 1. The Bertz CT molecular complexity index is 754. The normalized spacial score (nSPS) is 31.1. The van der Waals surface area contributed by atoms with Gasteiger partial charge in [-0.3, -0.25) is 0 Å². The van der Waals surface area contributed by atoms with Gasteiger partial charge >= 0.3 is 0 Å². The Morgan fingerprint density at radius 1 is 0.706 bits per heavy atom. The van der Waals surface area contributed by atoms with Crippen LogP contribution in [0, 0.1) is 41.2 Å². The molecule has 4 rings (SSSR count). The van der Waals surface area contributed by atoms with E-state index in [-0.39, 0.29) is 11.7 Å². The third kappa shape index (κ3) is 5.98. The van der Waals surface area contributed by atoms with E-state index in [1.807, 2.05) is 0 Å². The number of hydrogen-bond donors (Lipinski definition) is 0. The molecule has 3 heteroatoms. The highest BCUT2D eigenvalue weighted by atomic mass is 19.2. The Balaban J connectivity index is 1.27. The van der Waals surface area contributed by atoms with Crippen LogP contribution in [0.5, 0.6) is 5.75 Å². The molecule has 0 amide bonds. The molecule has 4 atom stereocenters. The largest absolute Gasteiger partial charge is 0.490 e. The number of halogens is 2. The van der Waals surface area contributed by atoms with Gasteiger partial charge in [0.1, 0.15) is 0 Å². The molecular weight excluding hydrogens is 426 g/mol. The lowest BCUT2D eigenvalue weighted by Crippen LogP contribution is -2.25. The second kappa shape index (κ2) is 12.7. The topological polar surface area (TPSA) is 9.23 Å². The monoisotopic (exact) mass is 474 g/mol. The molecule has 0 spiro atoms. The molecule has 3 aliphatic rings. The lowest BCUT2D eigenvalue weighted by Gasteiger charge is -2.35. The summed E-state index contributed by atoms with van der Waals surface area (Å²) in [5.41, 5.74) is 0.579. The van der Waals surface area contributed by atoms with Crippen molar-refractivity contribution < 1.29 is 13.5 Å². The standard InChI is InChI=1S/C31H48F2O/c1-3-5-7-9-21-34-29-20-19-27(30(32)31(29)33)24-13-11-23(12-14-24)26-18-17-25-22(10-8-6-4-2)15-16-28(25)26/h19-20,22-26,28H,3-18,21H2,1-2H3. The van der Waals surface area contributed by atoms with E-state index in [0.29, 0.717) is 12.2 Å². The summed E-state index contributed by atoms with van der Waals surface area (Å²) in [5, 5.41) is 0. The Morgan fingerprint density at radius 2 is 1.41 bits per heavy atom. The van der Waals surface area contributed by atoms with Crippen LogP contribution in [0.3, 0.4) is 0 Å². The first-order valence-electron chi connectivity index (χ1n) is 14.7. The zero-order chi connectivity index (χ0) is 23.9. The second-order valence-corrected chi connectivity index (χ2v) is 11.7. The quantitative estimate of drug-likeness (QED) is 0.274. The van der Waals surface area contributed by atoms with E-state index < -0.39 is 11.6 Å². The van der Waals surface area contributed by atoms with E-state index in [1.165, 1.54) is 64.2 Å². The second-order valence-electron chi connectivity index (χ2n) is 11.7. The maximum atomic E-state index is 15.0. The van der Waals surface area contributed by atoms with Crippen molar-refractivity contribution in [1.29, 1.82) is 0 Å². The van der Waals surface area contributed by atoms with Crippen molar-refractivity contribution in [2.45, 2.75) is 122 Å². The molecule has 0 bridgehead atoms. The lowest BCUT2D eigenvalue weighted by molar-refractivity contribution is 0.177. The summed E-state index contributed by atoms with van der Waals surface area (Å²) in [4.78, 5) is 0. The number of rotatable bonds is 12. The van der Waals surface area contributed by atoms with Crippen molar-refractivity contribution in [2.75, 3.05) is 6.61 Å². The molecule has 0 radical (unpaired) electrons. The third-order valence-electron chi connectivity index (χ3n) is 9.74. The molecule has 192 valence electrons. The summed E-state index contributed by atoms with van der Waals surface area (Å²) in [6, 6.07) is 3.46. The van der Waals surface area contributed by atoms with E-state index in [1.54, 1.807) is 12.1 Å². The SMILES string of the molecule is CCCCCCOc1ccc(C2CCC(C3CCC4C(CCCCC)CCC34)CC2)c(F)c1F. The van der Waals surface area contributed by atoms with E-state index in [2.05, 4.69) is 13.8 Å². The van der Waals surface area contributed by atoms with Gasteiger partial charge in [-0.15, -0.1) is 0 Å². The van der Waals surface area contributed by atoms with Crippen LogP contribution >= 0.6 is 0 Å². The summed E-state index contributed by atoms with van der Waals surface area (Å²) < 4.78 is 35.2. The predicted molar refractivity (Wildman–Crippen MR) is 137 cm³/mol. The summed E-state index contributed by atoms with van der Waals surface area (Å²) in [6.45, 7) is 4.92. The Labute approximate surface area is 207 Å². The summed E-state index contributed by atoms with van der Waals surface area (Å²) in [6.07, 6.45) is 20.0. The molecule has 3 fully saturated rings. The third-order valence-corrected chi connectivity index (χ3v) is 9.74. The number of fused-ring (bicyclic) bond motifs is 1. The van der Waals surface area contributed by atoms with Crippen molar-refractivity contribution >= 4 is 0 Å². The van der Waals surface area contributed by atoms with Crippen LogP contribution in [0.2, 0.25) is 0 Å². The lowest BCUT2D eigenvalue weighted by atomic mass is 9.70. The Kier molecular flexibility index (Phi) is 9.71. The summed E-state index contributed by atoms with van der Waals surface area (Å²) in [7, 11) is 0. The molecule has 0 aromatic heterocycles. The van der Waals surface area contributed by atoms with Gasteiger partial charge in [-0.1, -0.05) is 64.9 Å². The van der Waals surface area contributed by atoms with E-state index in [0.717, 1.165) is 68.1 Å². The summed E-state index contributed by atoms with van der Waals surface area (Å²) in [5.74, 6) is 3.42. The van der Waals surface area contributed by atoms with Gasteiger partial charge < -0.3 is 4.74 Å². The van der Waals surface area contributed by atoms with Crippen molar-refractivity contribution in [3.8, 4) is 5.75 Å². The molecule has 0 N–H and O–H groups in total. The fourth-order valence-electron chi connectivity index (χ4n) is 7.91. The average molecular weight is 475 g/mol. The minimum absolute atomic E-state index is 0.0816. The first kappa shape index (κ1) is 26.0. The molecule has 4 unspecified atom stereocenters. The van der Waals surface area contributed by atoms with Gasteiger partial charge in [-0.05, 0) is 105 Å². The van der Waals surface area contributed by atoms with Crippen molar-refractivity contribution in [2.24, 2.45) is 29.6 Å². The number of hydrogen-bond acceptors (Lipinski definition) is 1. The summed E-state index contributed by atoms with van der Waals surface area (Å²) >= 11 is 0. The van der Waals surface area contributed by atoms with Gasteiger partial charge in [0, 0.05) is 0 Å². The Hall–Kier alpha value is -1.12. The van der Waals surface area contributed by atoms with Crippen LogP contribution < -0.4 is 4.74 Å². The van der Waals surface area contributed by atoms with E-state index in [4.69, 9.17) is 4.74 Å². The van der Waals surface area contributed by atoms with E-state index >= 15 is 0 Å². The molecular formula is C31H48F2O. The minimum atomic E-state index is -0.783. The fraction of sp³-hybridized carbons (Fsp3) is 0.806. The molecule has 34 heavy (non-hydrogen) atoms. The van der Waals surface area contributed by atoms with Crippen LogP contribution in [-0.2, 0) is 0 Å². The van der Waals surface area contributed by atoms with Gasteiger partial charge in [0.25, 0.3) is 0 Å². The van der Waals surface area contributed by atoms with Gasteiger partial charge in [0.2, 0.25) is 5.82 Å². The van der Waals surface area contributed by atoms with Crippen LogP contribution in [0.4, 0.5) is 8.78 Å². The maximum absolute atomic E-state index is 15.0. The molecule has 0 heterocycles. The smallest absolute Gasteiger partial charge is 0.200 e. The van der Waals surface area contributed by atoms with Crippen molar-refractivity contribution in [3.05, 3.63) is 29.3 Å². The highest BCUT2D eigenvalue weighted by Crippen LogP contribution is 2.56. The fourth-order valence-corrected chi connectivity index (χ4v) is 7.91. The molecule has 1 aromatic carbocycles. The average Bonchev–Trinajstić information content (AvgIpc) is 3.45. The van der Waals surface area contributed by atoms with Gasteiger partial charge in [-0.2, -0.15) is 4.39 Å². The van der Waals surface area contributed by atoms with E-state index in [9.17, 15) is 8.78 Å². The first-order chi connectivity index (χ1) is 16.6. The maximum Gasteiger partial charge on any atom is 0.200 e. The molecule has 0 aliphatic heterocycles. The first-order valence-corrected chi connectivity index (χ1v) is 14.7. The van der Waals surface area contributed by atoms with Gasteiger partial charge in [0.15, 0.2) is 11.6 Å². The molecule has 1 nitrogen and oxygen atoms in total. The van der Waals surface area contributed by atoms with Crippen molar-refractivity contribution in [3.63, 3.8) is 0 Å². The molecule has 0 saturated heterocycles. The molecule has 3 aliphatic carbocycles. The minimum Gasteiger partial charge on any atom is -0.490 e. The Morgan fingerprint density at radius 3 is 2.18 bits per heavy atom. The number of unbranched alkanes of at least 4 members (excludes halogenated alkanes) is 5. The predicted octanol–water partition coefficient (Wildman–Crippen LogP) is 9.83. The number of benzene rings is 1. The van der Waals surface area contributed by atoms with Crippen molar-refractivity contribution in [1.82, 2.24) is 0 Å². The van der Waals surface area contributed by atoms with Crippen LogP contribution in [-0.4, -0.2) is 6.61 Å². The highest BCUT2D eigenvalue weighted by molar-refractivity contribution is 5.33. The molecule has 3 saturated carbocycles. The molecule has 1 aromatic rings. The highest BCUT2D eigenvalue weighted by Gasteiger charge is 2.47. The van der Waals surface area contributed by atoms with Crippen LogP contribution in [0.1, 0.15) is 128 Å². The zero-order valence-electron chi connectivity index (χ0n) is 21.8.